The molecule has 3 aromatic heterocycles. The third-order valence-electron chi connectivity index (χ3n) is 7.96. The van der Waals surface area contributed by atoms with Crippen LogP contribution in [0.4, 0.5) is 17.3 Å². The Morgan fingerprint density at radius 2 is 1.89 bits per heavy atom. The normalized spacial score (nSPS) is 18.4. The van der Waals surface area contributed by atoms with Gasteiger partial charge in [0.2, 0.25) is 5.95 Å². The Kier molecular flexibility index (Phi) is 6.75. The van der Waals surface area contributed by atoms with E-state index < -0.39 is 0 Å². The second-order valence-electron chi connectivity index (χ2n) is 10.3. The van der Waals surface area contributed by atoms with E-state index in [9.17, 15) is 5.11 Å². The van der Waals surface area contributed by atoms with Crippen molar-refractivity contribution < 1.29 is 5.11 Å². The number of hydrogen-bond donors (Lipinski definition) is 3. The van der Waals surface area contributed by atoms with E-state index in [1.54, 1.807) is 0 Å². The van der Waals surface area contributed by atoms with Crippen LogP contribution < -0.4 is 15.5 Å². The van der Waals surface area contributed by atoms with Crippen molar-refractivity contribution in [2.75, 3.05) is 43.0 Å². The third kappa shape index (κ3) is 5.03. The standard InChI is InChI=1S/C27H33ClN8O/c28-22-5-3-21(4-6-22)27(19-37)9-14-34(15-10-27)24-2-1-13-36-25(24)32-26(33-36)31-23-16-30-35(18-23)17-20-7-11-29-12-8-20/h1-6,13,16,18,20,29,37H,7-12,14-15,17,19H2,(H,31,33). The maximum Gasteiger partial charge on any atom is 0.247 e. The van der Waals surface area contributed by atoms with E-state index >= 15 is 0 Å². The Hall–Kier alpha value is -3.14. The van der Waals surface area contributed by atoms with Crippen molar-refractivity contribution in [2.45, 2.75) is 37.6 Å². The van der Waals surface area contributed by atoms with Crippen LogP contribution in [0.1, 0.15) is 31.2 Å². The first-order valence-electron chi connectivity index (χ1n) is 13.1. The van der Waals surface area contributed by atoms with E-state index in [1.807, 2.05) is 58.1 Å². The van der Waals surface area contributed by atoms with Crippen LogP contribution in [0.3, 0.4) is 0 Å². The summed E-state index contributed by atoms with van der Waals surface area (Å²) in [6.07, 6.45) is 9.87. The maximum absolute atomic E-state index is 10.3. The van der Waals surface area contributed by atoms with Gasteiger partial charge in [0.15, 0.2) is 5.65 Å². The number of aromatic nitrogens is 5. The third-order valence-corrected chi connectivity index (χ3v) is 8.21. The number of aliphatic hydroxyl groups is 1. The van der Waals surface area contributed by atoms with Crippen molar-refractivity contribution in [1.82, 2.24) is 29.7 Å². The van der Waals surface area contributed by atoms with Gasteiger partial charge in [-0.1, -0.05) is 23.7 Å². The molecule has 2 saturated heterocycles. The van der Waals surface area contributed by atoms with Crippen LogP contribution in [0.25, 0.3) is 5.65 Å². The predicted molar refractivity (Wildman–Crippen MR) is 146 cm³/mol. The highest BCUT2D eigenvalue weighted by Crippen LogP contribution is 2.38. The van der Waals surface area contributed by atoms with Crippen LogP contribution in [-0.2, 0) is 12.0 Å². The molecule has 5 heterocycles. The average molecular weight is 521 g/mol. The number of pyridine rings is 1. The molecule has 37 heavy (non-hydrogen) atoms. The molecule has 9 nitrogen and oxygen atoms in total. The fraction of sp³-hybridized carbons (Fsp3) is 0.444. The lowest BCUT2D eigenvalue weighted by atomic mass is 9.73. The van der Waals surface area contributed by atoms with Crippen LogP contribution in [0.5, 0.6) is 0 Å². The molecule has 194 valence electrons. The Morgan fingerprint density at radius 3 is 2.65 bits per heavy atom. The molecule has 0 spiro atoms. The Labute approximate surface area is 221 Å². The first-order valence-corrected chi connectivity index (χ1v) is 13.5. The van der Waals surface area contributed by atoms with Gasteiger partial charge in [0, 0.05) is 42.5 Å². The lowest BCUT2D eigenvalue weighted by Crippen LogP contribution is -2.45. The fourth-order valence-electron chi connectivity index (χ4n) is 5.69. The molecule has 2 aliphatic rings. The summed E-state index contributed by atoms with van der Waals surface area (Å²) in [4.78, 5) is 7.16. The number of aliphatic hydroxyl groups excluding tert-OH is 1. The number of rotatable bonds is 7. The zero-order chi connectivity index (χ0) is 25.2. The van der Waals surface area contributed by atoms with Gasteiger partial charge in [-0.05, 0) is 74.5 Å². The monoisotopic (exact) mass is 520 g/mol. The van der Waals surface area contributed by atoms with E-state index in [2.05, 4.69) is 31.8 Å². The summed E-state index contributed by atoms with van der Waals surface area (Å²) in [5.41, 5.74) is 3.65. The van der Waals surface area contributed by atoms with Gasteiger partial charge in [-0.25, -0.2) is 4.52 Å². The van der Waals surface area contributed by atoms with Crippen molar-refractivity contribution in [1.29, 1.82) is 0 Å². The number of piperidine rings is 2. The summed E-state index contributed by atoms with van der Waals surface area (Å²) in [6.45, 7) is 4.88. The van der Waals surface area contributed by atoms with E-state index in [-0.39, 0.29) is 12.0 Å². The molecule has 0 unspecified atom stereocenters. The largest absolute Gasteiger partial charge is 0.395 e. The Balaban J connectivity index is 1.16. The molecule has 3 N–H and O–H groups in total. The summed E-state index contributed by atoms with van der Waals surface area (Å²) in [6, 6.07) is 12.0. The smallest absolute Gasteiger partial charge is 0.247 e. The minimum absolute atomic E-state index is 0.122. The van der Waals surface area contributed by atoms with Crippen molar-refractivity contribution in [3.63, 3.8) is 0 Å². The summed E-state index contributed by atoms with van der Waals surface area (Å²) >= 11 is 6.09. The molecule has 0 bridgehead atoms. The highest BCUT2D eigenvalue weighted by Gasteiger charge is 2.36. The first-order chi connectivity index (χ1) is 18.1. The minimum atomic E-state index is -0.249. The molecule has 0 radical (unpaired) electrons. The minimum Gasteiger partial charge on any atom is -0.395 e. The number of benzene rings is 1. The zero-order valence-electron chi connectivity index (χ0n) is 20.9. The highest BCUT2D eigenvalue weighted by molar-refractivity contribution is 6.30. The number of anilines is 3. The lowest BCUT2D eigenvalue weighted by molar-refractivity contribution is 0.165. The summed E-state index contributed by atoms with van der Waals surface area (Å²) in [5, 5.41) is 27.0. The molecule has 2 fully saturated rings. The molecular weight excluding hydrogens is 488 g/mol. The SMILES string of the molecule is OCC1(c2ccc(Cl)cc2)CCN(c2cccn3nc(Nc4cnn(CC5CCNCC5)c4)nc23)CC1. The molecule has 0 aliphatic carbocycles. The second-order valence-corrected chi connectivity index (χ2v) is 10.7. The molecule has 0 saturated carbocycles. The van der Waals surface area contributed by atoms with Crippen molar-refractivity contribution in [2.24, 2.45) is 5.92 Å². The Bertz CT molecular complexity index is 1340. The summed E-state index contributed by atoms with van der Waals surface area (Å²) < 4.78 is 3.84. The molecule has 0 amide bonds. The molecule has 1 aromatic carbocycles. The highest BCUT2D eigenvalue weighted by atomic mass is 35.5. The molecule has 2 aliphatic heterocycles. The van der Waals surface area contributed by atoms with Gasteiger partial charge >= 0.3 is 0 Å². The van der Waals surface area contributed by atoms with Gasteiger partial charge in [0.25, 0.3) is 0 Å². The fourth-order valence-corrected chi connectivity index (χ4v) is 5.82. The molecule has 4 aromatic rings. The van der Waals surface area contributed by atoms with Crippen LogP contribution >= 0.6 is 11.6 Å². The molecular formula is C27H33ClN8O. The van der Waals surface area contributed by atoms with E-state index in [4.69, 9.17) is 16.6 Å². The van der Waals surface area contributed by atoms with Gasteiger partial charge in [-0.3, -0.25) is 4.68 Å². The first kappa shape index (κ1) is 24.2. The molecule has 6 rings (SSSR count). The van der Waals surface area contributed by atoms with Crippen LogP contribution in [0.15, 0.2) is 55.0 Å². The zero-order valence-corrected chi connectivity index (χ0v) is 21.6. The topological polar surface area (TPSA) is 95.5 Å². The Morgan fingerprint density at radius 1 is 1.11 bits per heavy atom. The second kappa shape index (κ2) is 10.3. The van der Waals surface area contributed by atoms with Gasteiger partial charge in [0.05, 0.1) is 24.2 Å². The number of nitrogens with zero attached hydrogens (tertiary/aromatic N) is 6. The predicted octanol–water partition coefficient (Wildman–Crippen LogP) is 3.85. The van der Waals surface area contributed by atoms with Crippen molar-refractivity contribution >= 4 is 34.6 Å². The van der Waals surface area contributed by atoms with Gasteiger partial charge in [0.1, 0.15) is 0 Å². The number of fused-ring (bicyclic) bond motifs is 1. The van der Waals surface area contributed by atoms with Crippen LogP contribution in [-0.4, -0.2) is 62.3 Å². The van der Waals surface area contributed by atoms with E-state index in [1.165, 1.54) is 12.8 Å². The van der Waals surface area contributed by atoms with Crippen LogP contribution in [0.2, 0.25) is 5.02 Å². The van der Waals surface area contributed by atoms with Crippen molar-refractivity contribution in [3.05, 3.63) is 65.6 Å². The van der Waals surface area contributed by atoms with E-state index in [0.29, 0.717) is 16.9 Å². The lowest BCUT2D eigenvalue weighted by Gasteiger charge is -2.42. The maximum atomic E-state index is 10.3. The van der Waals surface area contributed by atoms with Crippen molar-refractivity contribution in [3.8, 4) is 0 Å². The van der Waals surface area contributed by atoms with Crippen LogP contribution in [0, 0.1) is 5.92 Å². The number of hydrogen-bond acceptors (Lipinski definition) is 7. The molecule has 10 heteroatoms. The summed E-state index contributed by atoms with van der Waals surface area (Å²) in [5.74, 6) is 1.22. The quantitative estimate of drug-likeness (QED) is 0.340. The van der Waals surface area contributed by atoms with Gasteiger partial charge in [-0.2, -0.15) is 10.1 Å². The average Bonchev–Trinajstić information content (AvgIpc) is 3.56. The summed E-state index contributed by atoms with van der Waals surface area (Å²) in [7, 11) is 0. The van der Waals surface area contributed by atoms with Gasteiger partial charge < -0.3 is 20.6 Å². The van der Waals surface area contributed by atoms with Gasteiger partial charge in [-0.15, -0.1) is 5.10 Å². The number of nitrogens with one attached hydrogen (secondary N) is 2. The number of halogens is 1. The molecule has 0 atom stereocenters. The van der Waals surface area contributed by atoms with E-state index in [0.717, 1.165) is 68.2 Å².